The number of halogens is 1. The van der Waals surface area contributed by atoms with E-state index in [9.17, 15) is 9.59 Å². The molecular weight excluding hydrogens is 338 g/mol. The van der Waals surface area contributed by atoms with Crippen LogP contribution in [0.3, 0.4) is 0 Å². The first-order valence-corrected chi connectivity index (χ1v) is 9.54. The lowest BCUT2D eigenvalue weighted by atomic mass is 9.99. The van der Waals surface area contributed by atoms with Gasteiger partial charge < -0.3 is 15.1 Å². The van der Waals surface area contributed by atoms with Crippen molar-refractivity contribution in [2.45, 2.75) is 51.5 Å². The third-order valence-electron chi connectivity index (χ3n) is 5.25. The van der Waals surface area contributed by atoms with E-state index in [4.69, 9.17) is 11.6 Å². The lowest BCUT2D eigenvalue weighted by molar-refractivity contribution is -0.127. The normalized spacial score (nSPS) is 20.9. The van der Waals surface area contributed by atoms with Crippen molar-refractivity contribution in [3.63, 3.8) is 0 Å². The molecule has 1 aromatic rings. The molecular formula is C19H26ClN3O2. The van der Waals surface area contributed by atoms with Crippen LogP contribution in [-0.4, -0.2) is 47.4 Å². The third-order valence-corrected chi connectivity index (χ3v) is 5.56. The van der Waals surface area contributed by atoms with Crippen LogP contribution in [0.4, 0.5) is 10.5 Å². The molecule has 2 heterocycles. The Hall–Kier alpha value is -1.75. The van der Waals surface area contributed by atoms with Gasteiger partial charge in [-0.15, -0.1) is 0 Å². The van der Waals surface area contributed by atoms with Crippen molar-refractivity contribution >= 4 is 29.2 Å². The molecule has 0 unspecified atom stereocenters. The number of piperidine rings is 1. The molecule has 6 heteroatoms. The van der Waals surface area contributed by atoms with Gasteiger partial charge in [-0.2, -0.15) is 0 Å². The number of carbonyl (C=O) groups excluding carboxylic acids is 2. The van der Waals surface area contributed by atoms with Gasteiger partial charge in [0, 0.05) is 32.1 Å². The van der Waals surface area contributed by atoms with Crippen LogP contribution in [0, 0.1) is 6.92 Å². The van der Waals surface area contributed by atoms with Crippen LogP contribution in [0.5, 0.6) is 0 Å². The molecule has 2 aliphatic heterocycles. The number of carbonyl (C=O) groups is 2. The molecule has 0 aliphatic carbocycles. The second-order valence-corrected chi connectivity index (χ2v) is 7.39. The summed E-state index contributed by atoms with van der Waals surface area (Å²) in [5.41, 5.74) is 1.64. The molecule has 1 aromatic carbocycles. The Morgan fingerprint density at radius 1 is 1.28 bits per heavy atom. The van der Waals surface area contributed by atoms with E-state index >= 15 is 0 Å². The van der Waals surface area contributed by atoms with E-state index in [-0.39, 0.29) is 18.0 Å². The highest BCUT2D eigenvalue weighted by Gasteiger charge is 2.29. The molecule has 1 N–H and O–H groups in total. The SMILES string of the molecule is Cc1cccc(Cl)c1NC(=O)N1CCCC[C@@H]1CCN1CCCC1=O. The molecule has 0 spiro atoms. The number of hydrogen-bond donors (Lipinski definition) is 1. The van der Waals surface area contributed by atoms with Crippen LogP contribution < -0.4 is 5.32 Å². The zero-order valence-corrected chi connectivity index (χ0v) is 15.5. The van der Waals surface area contributed by atoms with Gasteiger partial charge in [0.1, 0.15) is 0 Å². The summed E-state index contributed by atoms with van der Waals surface area (Å²) in [4.78, 5) is 28.5. The standard InChI is InChI=1S/C19H26ClN3O2/c1-14-6-4-8-16(20)18(14)21-19(25)23-12-3-2-7-15(23)10-13-22-11-5-9-17(22)24/h4,6,8,15H,2-3,5,7,9-13H2,1H3,(H,21,25)/t15-/m1/s1. The Balaban J connectivity index is 1.63. The van der Waals surface area contributed by atoms with Gasteiger partial charge in [-0.25, -0.2) is 4.79 Å². The first-order valence-electron chi connectivity index (χ1n) is 9.17. The van der Waals surface area contributed by atoms with E-state index in [2.05, 4.69) is 5.32 Å². The Labute approximate surface area is 154 Å². The number of urea groups is 1. The van der Waals surface area contributed by atoms with Crippen LogP contribution in [0.15, 0.2) is 18.2 Å². The molecule has 25 heavy (non-hydrogen) atoms. The van der Waals surface area contributed by atoms with E-state index in [0.29, 0.717) is 17.1 Å². The number of benzene rings is 1. The Bertz CT molecular complexity index is 629. The quantitative estimate of drug-likeness (QED) is 0.877. The van der Waals surface area contributed by atoms with E-state index in [1.807, 2.05) is 28.9 Å². The first-order chi connectivity index (χ1) is 12.1. The van der Waals surface area contributed by atoms with E-state index in [0.717, 1.165) is 57.3 Å². The second kappa shape index (κ2) is 8.09. The number of aryl methyl sites for hydroxylation is 1. The highest BCUT2D eigenvalue weighted by atomic mass is 35.5. The number of nitrogens with one attached hydrogen (secondary N) is 1. The lowest BCUT2D eigenvalue weighted by Gasteiger charge is -2.36. The molecule has 136 valence electrons. The Kier molecular flexibility index (Phi) is 5.84. The molecule has 0 saturated carbocycles. The van der Waals surface area contributed by atoms with Gasteiger partial charge in [-0.05, 0) is 50.7 Å². The van der Waals surface area contributed by atoms with Crippen LogP contribution in [0.25, 0.3) is 0 Å². The van der Waals surface area contributed by atoms with Crippen LogP contribution in [-0.2, 0) is 4.79 Å². The predicted octanol–water partition coefficient (Wildman–Crippen LogP) is 4.05. The van der Waals surface area contributed by atoms with Gasteiger partial charge in [-0.1, -0.05) is 23.7 Å². The molecule has 0 aromatic heterocycles. The average Bonchev–Trinajstić information content (AvgIpc) is 3.01. The van der Waals surface area contributed by atoms with Crippen molar-refractivity contribution in [3.05, 3.63) is 28.8 Å². The van der Waals surface area contributed by atoms with Gasteiger partial charge in [0.2, 0.25) is 5.91 Å². The summed E-state index contributed by atoms with van der Waals surface area (Å²) in [5.74, 6) is 0.249. The Morgan fingerprint density at radius 2 is 2.12 bits per heavy atom. The minimum absolute atomic E-state index is 0.0892. The molecule has 2 saturated heterocycles. The average molecular weight is 364 g/mol. The van der Waals surface area contributed by atoms with Crippen LogP contribution >= 0.6 is 11.6 Å². The fourth-order valence-corrected chi connectivity index (χ4v) is 4.05. The van der Waals surface area contributed by atoms with E-state index in [1.54, 1.807) is 6.07 Å². The fourth-order valence-electron chi connectivity index (χ4n) is 3.78. The molecule has 1 atom stereocenters. The molecule has 0 bridgehead atoms. The maximum absolute atomic E-state index is 12.8. The molecule has 0 radical (unpaired) electrons. The van der Waals surface area contributed by atoms with Crippen LogP contribution in [0.1, 0.15) is 44.1 Å². The lowest BCUT2D eigenvalue weighted by Crippen LogP contribution is -2.47. The maximum Gasteiger partial charge on any atom is 0.322 e. The zero-order chi connectivity index (χ0) is 17.8. The van der Waals surface area contributed by atoms with E-state index in [1.165, 1.54) is 0 Å². The Morgan fingerprint density at radius 3 is 2.84 bits per heavy atom. The third kappa shape index (κ3) is 4.27. The van der Waals surface area contributed by atoms with Crippen molar-refractivity contribution in [2.24, 2.45) is 0 Å². The summed E-state index contributed by atoms with van der Waals surface area (Å²) >= 11 is 6.23. The second-order valence-electron chi connectivity index (χ2n) is 6.98. The summed E-state index contributed by atoms with van der Waals surface area (Å²) in [6, 6.07) is 5.70. The summed E-state index contributed by atoms with van der Waals surface area (Å²) < 4.78 is 0. The van der Waals surface area contributed by atoms with Gasteiger partial charge in [0.25, 0.3) is 0 Å². The van der Waals surface area contributed by atoms with Crippen molar-refractivity contribution in [2.75, 3.05) is 25.0 Å². The van der Waals surface area contributed by atoms with Gasteiger partial charge in [0.15, 0.2) is 0 Å². The van der Waals surface area contributed by atoms with Gasteiger partial charge in [-0.3, -0.25) is 4.79 Å². The monoisotopic (exact) mass is 363 g/mol. The first kappa shape index (κ1) is 18.1. The van der Waals surface area contributed by atoms with E-state index < -0.39 is 0 Å². The summed E-state index contributed by atoms with van der Waals surface area (Å²) in [7, 11) is 0. The van der Waals surface area contributed by atoms with Gasteiger partial charge in [0.05, 0.1) is 10.7 Å². The minimum atomic E-state index is -0.0892. The summed E-state index contributed by atoms with van der Waals surface area (Å²) in [5, 5.41) is 3.55. The number of amides is 3. The highest BCUT2D eigenvalue weighted by molar-refractivity contribution is 6.33. The summed E-state index contributed by atoms with van der Waals surface area (Å²) in [6.45, 7) is 4.30. The summed E-state index contributed by atoms with van der Waals surface area (Å²) in [6.07, 6.45) is 5.62. The topological polar surface area (TPSA) is 52.7 Å². The number of hydrogen-bond acceptors (Lipinski definition) is 2. The van der Waals surface area contributed by atoms with Crippen LogP contribution in [0.2, 0.25) is 5.02 Å². The molecule has 5 nitrogen and oxygen atoms in total. The molecule has 2 fully saturated rings. The highest BCUT2D eigenvalue weighted by Crippen LogP contribution is 2.27. The fraction of sp³-hybridized carbons (Fsp3) is 0.579. The zero-order valence-electron chi connectivity index (χ0n) is 14.8. The van der Waals surface area contributed by atoms with Crippen molar-refractivity contribution < 1.29 is 9.59 Å². The largest absolute Gasteiger partial charge is 0.343 e. The predicted molar refractivity (Wildman–Crippen MR) is 100.0 cm³/mol. The van der Waals surface area contributed by atoms with Gasteiger partial charge >= 0.3 is 6.03 Å². The number of rotatable bonds is 4. The molecule has 2 aliphatic rings. The number of nitrogens with zero attached hydrogens (tertiary/aromatic N) is 2. The number of likely N-dealkylation sites (tertiary alicyclic amines) is 2. The maximum atomic E-state index is 12.8. The number of para-hydroxylation sites is 1. The van der Waals surface area contributed by atoms with Crippen molar-refractivity contribution in [1.29, 1.82) is 0 Å². The molecule has 3 rings (SSSR count). The number of anilines is 1. The minimum Gasteiger partial charge on any atom is -0.343 e. The smallest absolute Gasteiger partial charge is 0.322 e. The van der Waals surface area contributed by atoms with Crippen molar-refractivity contribution in [1.82, 2.24) is 9.80 Å². The van der Waals surface area contributed by atoms with Crippen molar-refractivity contribution in [3.8, 4) is 0 Å². The molecule has 3 amide bonds.